The van der Waals surface area contributed by atoms with E-state index in [4.69, 9.17) is 9.15 Å². The van der Waals surface area contributed by atoms with Crippen molar-refractivity contribution in [1.82, 2.24) is 4.57 Å². The molecule has 1 aliphatic rings. The number of ether oxygens (including phenoxy) is 1. The van der Waals surface area contributed by atoms with Crippen LogP contribution in [0.25, 0.3) is 0 Å². The number of benzene rings is 1. The number of aryl methyl sites for hydroxylation is 1. The third kappa shape index (κ3) is 5.08. The average molecular weight is 449 g/mol. The number of hydrogen-bond acceptors (Lipinski definition) is 5. The lowest BCUT2D eigenvalue weighted by molar-refractivity contribution is -0.131. The van der Waals surface area contributed by atoms with E-state index in [1.165, 1.54) is 6.92 Å². The van der Waals surface area contributed by atoms with Crippen LogP contribution in [0.1, 0.15) is 65.5 Å². The van der Waals surface area contributed by atoms with E-state index in [-0.39, 0.29) is 17.7 Å². The molecule has 0 fully saturated rings. The largest absolute Gasteiger partial charge is 0.467 e. The maximum absolute atomic E-state index is 13.5. The van der Waals surface area contributed by atoms with Crippen LogP contribution in [0.5, 0.6) is 5.75 Å². The highest BCUT2D eigenvalue weighted by Crippen LogP contribution is 2.26. The molecule has 33 heavy (non-hydrogen) atoms. The van der Waals surface area contributed by atoms with Gasteiger partial charge in [-0.3, -0.25) is 14.4 Å². The number of carbonyl (C=O) groups is 2. The van der Waals surface area contributed by atoms with E-state index in [1.807, 2.05) is 6.07 Å². The predicted molar refractivity (Wildman–Crippen MR) is 125 cm³/mol. The fourth-order valence-electron chi connectivity index (χ4n) is 4.33. The predicted octanol–water partition coefficient (Wildman–Crippen LogP) is 4.63. The Morgan fingerprint density at radius 2 is 1.88 bits per heavy atom. The van der Waals surface area contributed by atoms with Crippen LogP contribution in [0.2, 0.25) is 0 Å². The summed E-state index contributed by atoms with van der Waals surface area (Å²) in [6, 6.07) is 10.4. The second-order valence-electron chi connectivity index (χ2n) is 8.39. The van der Waals surface area contributed by atoms with E-state index in [0.717, 1.165) is 49.8 Å². The summed E-state index contributed by atoms with van der Waals surface area (Å²) in [4.78, 5) is 38.1. The summed E-state index contributed by atoms with van der Waals surface area (Å²) in [6.07, 6.45) is 7.52. The Morgan fingerprint density at radius 3 is 2.61 bits per heavy atom. The second-order valence-corrected chi connectivity index (χ2v) is 8.39. The maximum Gasteiger partial charge on any atom is 0.308 e. The molecule has 0 spiro atoms. The van der Waals surface area contributed by atoms with Crippen LogP contribution >= 0.6 is 0 Å². The van der Waals surface area contributed by atoms with E-state index in [9.17, 15) is 14.4 Å². The smallest absolute Gasteiger partial charge is 0.308 e. The molecular formula is C26H28N2O5. The summed E-state index contributed by atoms with van der Waals surface area (Å²) in [5.41, 5.74) is 2.89. The van der Waals surface area contributed by atoms with Crippen LogP contribution in [-0.4, -0.2) is 16.4 Å². The molecule has 2 aromatic heterocycles. The Morgan fingerprint density at radius 1 is 1.09 bits per heavy atom. The average Bonchev–Trinajstić information content (AvgIpc) is 3.27. The molecule has 0 unspecified atom stereocenters. The molecule has 4 rings (SSSR count). The van der Waals surface area contributed by atoms with Crippen LogP contribution in [-0.2, 0) is 24.2 Å². The van der Waals surface area contributed by atoms with Gasteiger partial charge in [-0.15, -0.1) is 0 Å². The first kappa shape index (κ1) is 22.6. The van der Waals surface area contributed by atoms with Crippen molar-refractivity contribution in [1.29, 1.82) is 0 Å². The van der Waals surface area contributed by atoms with Gasteiger partial charge in [0.2, 0.25) is 0 Å². The number of fused-ring (bicyclic) bond motifs is 1. The summed E-state index contributed by atoms with van der Waals surface area (Å²) in [6.45, 7) is 3.37. The number of esters is 1. The monoisotopic (exact) mass is 448 g/mol. The molecule has 2 heterocycles. The number of pyridine rings is 1. The minimum Gasteiger partial charge on any atom is -0.467 e. The van der Waals surface area contributed by atoms with Crippen LogP contribution in [0.15, 0.2) is 51.9 Å². The van der Waals surface area contributed by atoms with Gasteiger partial charge in [-0.25, -0.2) is 0 Å². The van der Waals surface area contributed by atoms with E-state index < -0.39 is 11.9 Å². The quantitative estimate of drug-likeness (QED) is 0.454. The minimum absolute atomic E-state index is 0.0955. The number of carbonyl (C=O) groups excluding carboxylic acids is 2. The van der Waals surface area contributed by atoms with Gasteiger partial charge in [-0.05, 0) is 68.5 Å². The van der Waals surface area contributed by atoms with E-state index in [2.05, 4.69) is 5.32 Å². The van der Waals surface area contributed by atoms with Gasteiger partial charge in [0.15, 0.2) is 0 Å². The van der Waals surface area contributed by atoms with Crippen molar-refractivity contribution < 1.29 is 18.7 Å². The van der Waals surface area contributed by atoms with Crippen molar-refractivity contribution in [2.75, 3.05) is 5.32 Å². The van der Waals surface area contributed by atoms with Crippen molar-refractivity contribution in [3.05, 3.63) is 81.2 Å². The second kappa shape index (κ2) is 9.90. The molecule has 7 nitrogen and oxygen atoms in total. The van der Waals surface area contributed by atoms with Gasteiger partial charge in [0, 0.05) is 23.9 Å². The molecule has 7 heteroatoms. The highest BCUT2D eigenvalue weighted by molar-refractivity contribution is 6.04. The Balaban J connectivity index is 1.73. The number of hydrogen-bond donors (Lipinski definition) is 1. The van der Waals surface area contributed by atoms with Crippen molar-refractivity contribution in [3.63, 3.8) is 0 Å². The van der Waals surface area contributed by atoms with Crippen molar-refractivity contribution >= 4 is 17.6 Å². The normalized spacial score (nSPS) is 13.5. The minimum atomic E-state index is -0.485. The standard InChI is InChI=1S/C26H28N2O5/c1-17-22(11-7-13-24(17)33-18(2)29)27-25(30)21-15-19-9-5-3-4-6-12-23(19)28(26(21)31)16-20-10-8-14-32-20/h7-8,10-11,13-15H,3-6,9,12,16H2,1-2H3,(H,27,30). The van der Waals surface area contributed by atoms with Crippen molar-refractivity contribution in [3.8, 4) is 5.75 Å². The van der Waals surface area contributed by atoms with Crippen molar-refractivity contribution in [2.45, 2.75) is 58.9 Å². The lowest BCUT2D eigenvalue weighted by atomic mass is 9.95. The Hall–Kier alpha value is -3.61. The zero-order chi connectivity index (χ0) is 23.4. The van der Waals surface area contributed by atoms with E-state index >= 15 is 0 Å². The third-order valence-corrected chi connectivity index (χ3v) is 6.02. The first-order chi connectivity index (χ1) is 15.9. The Labute approximate surface area is 192 Å². The first-order valence-electron chi connectivity index (χ1n) is 11.3. The Bertz CT molecular complexity index is 1220. The van der Waals surface area contributed by atoms with Gasteiger partial charge in [0.1, 0.15) is 17.1 Å². The number of rotatable bonds is 5. The number of amides is 1. The summed E-state index contributed by atoms with van der Waals surface area (Å²) >= 11 is 0. The molecule has 0 bridgehead atoms. The molecule has 1 amide bonds. The number of nitrogens with zero attached hydrogens (tertiary/aromatic N) is 1. The zero-order valence-corrected chi connectivity index (χ0v) is 19.0. The molecule has 172 valence electrons. The summed E-state index contributed by atoms with van der Waals surface area (Å²) in [5, 5.41) is 2.83. The maximum atomic E-state index is 13.5. The number of nitrogens with one attached hydrogen (secondary N) is 1. The van der Waals surface area contributed by atoms with E-state index in [0.29, 0.717) is 22.8 Å². The summed E-state index contributed by atoms with van der Waals surface area (Å²) < 4.78 is 12.4. The molecule has 0 saturated heterocycles. The van der Waals surface area contributed by atoms with Crippen LogP contribution in [0.4, 0.5) is 5.69 Å². The molecular weight excluding hydrogens is 420 g/mol. The molecule has 1 aromatic carbocycles. The first-order valence-corrected chi connectivity index (χ1v) is 11.3. The van der Waals surface area contributed by atoms with Gasteiger partial charge >= 0.3 is 5.97 Å². The summed E-state index contributed by atoms with van der Waals surface area (Å²) in [7, 11) is 0. The highest BCUT2D eigenvalue weighted by atomic mass is 16.5. The SMILES string of the molecule is CC(=O)Oc1cccc(NC(=O)c2cc3c(n(Cc4ccco4)c2=O)CCCCCC3)c1C. The van der Waals surface area contributed by atoms with Crippen LogP contribution < -0.4 is 15.6 Å². The molecule has 0 radical (unpaired) electrons. The number of furan rings is 1. The fraction of sp³-hybridized carbons (Fsp3) is 0.346. The van der Waals surface area contributed by atoms with Crippen LogP contribution in [0.3, 0.4) is 0 Å². The van der Waals surface area contributed by atoms with E-state index in [1.54, 1.807) is 48.1 Å². The highest BCUT2D eigenvalue weighted by Gasteiger charge is 2.22. The summed E-state index contributed by atoms with van der Waals surface area (Å²) in [5.74, 6) is 0.114. The van der Waals surface area contributed by atoms with Gasteiger partial charge in [0.05, 0.1) is 12.8 Å². The third-order valence-electron chi connectivity index (χ3n) is 6.02. The molecule has 0 saturated carbocycles. The zero-order valence-electron chi connectivity index (χ0n) is 19.0. The Kier molecular flexibility index (Phi) is 6.77. The van der Waals surface area contributed by atoms with Gasteiger partial charge < -0.3 is 19.0 Å². The fourth-order valence-corrected chi connectivity index (χ4v) is 4.33. The van der Waals surface area contributed by atoms with Gasteiger partial charge in [0.25, 0.3) is 11.5 Å². The van der Waals surface area contributed by atoms with Crippen LogP contribution in [0, 0.1) is 6.92 Å². The molecule has 1 N–H and O–H groups in total. The number of aromatic nitrogens is 1. The van der Waals surface area contributed by atoms with Gasteiger partial charge in [-0.2, -0.15) is 0 Å². The van der Waals surface area contributed by atoms with Crippen molar-refractivity contribution in [2.24, 2.45) is 0 Å². The molecule has 0 aliphatic heterocycles. The lowest BCUT2D eigenvalue weighted by Crippen LogP contribution is -2.33. The lowest BCUT2D eigenvalue weighted by Gasteiger charge is -2.21. The van der Waals surface area contributed by atoms with Gasteiger partial charge in [-0.1, -0.05) is 18.9 Å². The number of anilines is 1. The molecule has 3 aromatic rings. The molecule has 0 atom stereocenters. The molecule has 1 aliphatic carbocycles. The topological polar surface area (TPSA) is 90.5 Å².